The van der Waals surface area contributed by atoms with Gasteiger partial charge in [0.15, 0.2) is 0 Å². The lowest BCUT2D eigenvalue weighted by Crippen LogP contribution is -2.68. The number of carbonyl (C=O) groups is 2. The lowest BCUT2D eigenvalue weighted by Gasteiger charge is -2.56. The summed E-state index contributed by atoms with van der Waals surface area (Å²) in [6.07, 6.45) is 8.62. The number of anilines is 1. The second-order valence-electron chi connectivity index (χ2n) is 8.67. The average molecular weight is 353 g/mol. The van der Waals surface area contributed by atoms with Crippen LogP contribution in [0.1, 0.15) is 61.7 Å². The number of para-hydroxylation sites is 1. The molecule has 1 aromatic rings. The van der Waals surface area contributed by atoms with E-state index in [1.165, 1.54) is 12.8 Å². The molecule has 2 amide bonds. The summed E-state index contributed by atoms with van der Waals surface area (Å²) < 4.78 is 0. The van der Waals surface area contributed by atoms with Crippen LogP contribution >= 0.6 is 0 Å². The Kier molecular flexibility index (Phi) is 3.73. The van der Waals surface area contributed by atoms with Gasteiger partial charge in [-0.05, 0) is 56.6 Å². The molecule has 138 valence electrons. The highest BCUT2D eigenvalue weighted by Crippen LogP contribution is 2.51. The van der Waals surface area contributed by atoms with Crippen molar-refractivity contribution in [2.24, 2.45) is 17.8 Å². The molecule has 1 aliphatic heterocycles. The summed E-state index contributed by atoms with van der Waals surface area (Å²) in [6, 6.07) is 8.11. The molecule has 0 unspecified atom stereocenters. The van der Waals surface area contributed by atoms with Crippen molar-refractivity contribution < 1.29 is 9.59 Å². The minimum absolute atomic E-state index is 0.0128. The normalized spacial score (nSPS) is 35.7. The third-order valence-electron chi connectivity index (χ3n) is 7.18. The molecule has 1 spiro atoms. The van der Waals surface area contributed by atoms with Crippen LogP contribution in [0.3, 0.4) is 0 Å². The van der Waals surface area contributed by atoms with Gasteiger partial charge in [0, 0.05) is 23.6 Å². The quantitative estimate of drug-likeness (QED) is 0.765. The van der Waals surface area contributed by atoms with E-state index < -0.39 is 0 Å². The van der Waals surface area contributed by atoms with E-state index in [1.807, 2.05) is 24.3 Å². The van der Waals surface area contributed by atoms with Crippen LogP contribution in [0.2, 0.25) is 0 Å². The van der Waals surface area contributed by atoms with Gasteiger partial charge in [0.05, 0.1) is 5.56 Å². The van der Waals surface area contributed by atoms with Gasteiger partial charge in [-0.15, -0.1) is 0 Å². The fourth-order valence-electron chi connectivity index (χ4n) is 5.84. The van der Waals surface area contributed by atoms with Crippen LogP contribution in [0.4, 0.5) is 5.69 Å². The van der Waals surface area contributed by atoms with Crippen LogP contribution < -0.4 is 16.0 Å². The Bertz CT molecular complexity index is 743. The van der Waals surface area contributed by atoms with Gasteiger partial charge >= 0.3 is 0 Å². The first-order chi connectivity index (χ1) is 12.6. The van der Waals surface area contributed by atoms with Gasteiger partial charge in [0.1, 0.15) is 5.66 Å². The lowest BCUT2D eigenvalue weighted by molar-refractivity contribution is -0.132. The van der Waals surface area contributed by atoms with Gasteiger partial charge in [-0.2, -0.15) is 0 Å². The second-order valence-corrected chi connectivity index (χ2v) is 8.67. The number of benzene rings is 1. The number of amides is 2. The van der Waals surface area contributed by atoms with Crippen molar-refractivity contribution in [3.8, 4) is 0 Å². The number of carbonyl (C=O) groups excluding carboxylic acids is 2. The molecule has 3 N–H and O–H groups in total. The molecule has 1 aromatic carbocycles. The van der Waals surface area contributed by atoms with Crippen molar-refractivity contribution in [3.63, 3.8) is 0 Å². The van der Waals surface area contributed by atoms with Crippen molar-refractivity contribution in [2.75, 3.05) is 5.32 Å². The maximum absolute atomic E-state index is 12.9. The Morgan fingerprint density at radius 2 is 1.88 bits per heavy atom. The van der Waals surface area contributed by atoms with Gasteiger partial charge in [0.25, 0.3) is 5.91 Å². The van der Waals surface area contributed by atoms with Gasteiger partial charge in [-0.1, -0.05) is 25.0 Å². The van der Waals surface area contributed by atoms with Crippen LogP contribution in [0, 0.1) is 17.8 Å². The fraction of sp³-hybridized carbons (Fsp3) is 0.619. The molecule has 0 aromatic heterocycles. The number of nitrogens with one attached hydrogen (secondary N) is 3. The van der Waals surface area contributed by atoms with Crippen molar-refractivity contribution in [2.45, 2.75) is 63.1 Å². The molecule has 1 heterocycles. The first kappa shape index (κ1) is 16.2. The lowest BCUT2D eigenvalue weighted by atomic mass is 9.58. The third kappa shape index (κ3) is 2.51. The van der Waals surface area contributed by atoms with E-state index in [-0.39, 0.29) is 23.4 Å². The predicted molar refractivity (Wildman–Crippen MR) is 99.6 cm³/mol. The van der Waals surface area contributed by atoms with E-state index >= 15 is 0 Å². The van der Waals surface area contributed by atoms with E-state index in [1.54, 1.807) is 0 Å². The Balaban J connectivity index is 1.34. The topological polar surface area (TPSA) is 70.2 Å². The Hall–Kier alpha value is -2.04. The predicted octanol–water partition coefficient (Wildman–Crippen LogP) is 3.03. The highest BCUT2D eigenvalue weighted by atomic mass is 16.2. The third-order valence-corrected chi connectivity index (χ3v) is 7.18. The molecule has 2 bridgehead atoms. The minimum atomic E-state index is -0.376. The molecule has 4 saturated carbocycles. The summed E-state index contributed by atoms with van der Waals surface area (Å²) in [6.45, 7) is 0. The maximum Gasteiger partial charge on any atom is 0.255 e. The van der Waals surface area contributed by atoms with Gasteiger partial charge in [-0.3, -0.25) is 9.59 Å². The molecule has 5 nitrogen and oxygen atoms in total. The average Bonchev–Trinajstić information content (AvgIpc) is 3.15. The summed E-state index contributed by atoms with van der Waals surface area (Å²) >= 11 is 0. The van der Waals surface area contributed by atoms with Crippen LogP contribution in [0.25, 0.3) is 0 Å². The van der Waals surface area contributed by atoms with Gasteiger partial charge in [-0.25, -0.2) is 0 Å². The number of fused-ring (bicyclic) bond motifs is 3. The molecule has 0 radical (unpaired) electrons. The number of rotatable bonds is 2. The standard InChI is InChI=1S/C21H27N3O2/c25-19(22-15-5-1-2-6-15)17-11-14-10-9-13(17)12-21(14)23-18-8-4-3-7-16(18)20(26)24-21/h3-4,7-8,13-15,17,23H,1-2,5-6,9-12H2,(H,22,25)(H,24,26)/t13-,14-,17-,21+/m0/s1. The Labute approximate surface area is 154 Å². The first-order valence-electron chi connectivity index (χ1n) is 10.1. The maximum atomic E-state index is 12.9. The Morgan fingerprint density at radius 3 is 2.65 bits per heavy atom. The van der Waals surface area contributed by atoms with E-state index in [0.29, 0.717) is 17.9 Å². The molecule has 4 aliphatic carbocycles. The van der Waals surface area contributed by atoms with Crippen LogP contribution in [0.15, 0.2) is 24.3 Å². The highest BCUT2D eigenvalue weighted by Gasteiger charge is 2.55. The zero-order valence-corrected chi connectivity index (χ0v) is 15.1. The monoisotopic (exact) mass is 353 g/mol. The van der Waals surface area contributed by atoms with Crippen molar-refractivity contribution in [1.29, 1.82) is 0 Å². The van der Waals surface area contributed by atoms with E-state index in [9.17, 15) is 9.59 Å². The van der Waals surface area contributed by atoms with Crippen LogP contribution in [0.5, 0.6) is 0 Å². The van der Waals surface area contributed by atoms with Gasteiger partial charge in [0.2, 0.25) is 5.91 Å². The summed E-state index contributed by atoms with van der Waals surface area (Å²) in [4.78, 5) is 25.5. The smallest absolute Gasteiger partial charge is 0.255 e. The van der Waals surface area contributed by atoms with E-state index in [4.69, 9.17) is 0 Å². The molecular formula is C21H27N3O2. The SMILES string of the molecule is O=C1N[C@@]2(C[C@@H]3CC[C@H]2C[C@@H]3C(=O)NC2CCCC2)Nc2ccccc21. The summed E-state index contributed by atoms with van der Waals surface area (Å²) in [7, 11) is 0. The summed E-state index contributed by atoms with van der Waals surface area (Å²) in [5.41, 5.74) is 1.27. The molecule has 5 aliphatic rings. The highest BCUT2D eigenvalue weighted by molar-refractivity contribution is 6.02. The first-order valence-corrected chi connectivity index (χ1v) is 10.1. The van der Waals surface area contributed by atoms with E-state index in [2.05, 4.69) is 16.0 Å². The van der Waals surface area contributed by atoms with E-state index in [0.717, 1.165) is 49.8 Å². The van der Waals surface area contributed by atoms with Crippen molar-refractivity contribution >= 4 is 17.5 Å². The van der Waals surface area contributed by atoms with Crippen molar-refractivity contribution in [1.82, 2.24) is 10.6 Å². The molecule has 4 fully saturated rings. The largest absolute Gasteiger partial charge is 0.362 e. The fourth-order valence-corrected chi connectivity index (χ4v) is 5.84. The molecule has 26 heavy (non-hydrogen) atoms. The van der Waals surface area contributed by atoms with Crippen LogP contribution in [-0.4, -0.2) is 23.5 Å². The second kappa shape index (κ2) is 6.00. The molecule has 5 heteroatoms. The zero-order valence-electron chi connectivity index (χ0n) is 15.1. The summed E-state index contributed by atoms with van der Waals surface area (Å²) in [5, 5.41) is 10.2. The van der Waals surface area contributed by atoms with Crippen molar-refractivity contribution in [3.05, 3.63) is 29.8 Å². The van der Waals surface area contributed by atoms with Crippen LogP contribution in [-0.2, 0) is 4.79 Å². The molecule has 6 rings (SSSR count). The number of hydrogen-bond acceptors (Lipinski definition) is 3. The molecule has 0 saturated heterocycles. The molecule has 4 atom stereocenters. The molecular weight excluding hydrogens is 326 g/mol. The van der Waals surface area contributed by atoms with Gasteiger partial charge < -0.3 is 16.0 Å². The minimum Gasteiger partial charge on any atom is -0.362 e. The zero-order chi connectivity index (χ0) is 17.7. The number of hydrogen-bond donors (Lipinski definition) is 3. The summed E-state index contributed by atoms with van der Waals surface area (Å²) in [5.74, 6) is 1.03. The Morgan fingerprint density at radius 1 is 1.08 bits per heavy atom.